The summed E-state index contributed by atoms with van der Waals surface area (Å²) in [5, 5.41) is 3.00. The Bertz CT molecular complexity index is 531. The number of benzene rings is 1. The molecule has 2 rings (SSSR count). The fraction of sp³-hybridized carbons (Fsp3) is 0.250. The number of amides is 1. The summed E-state index contributed by atoms with van der Waals surface area (Å²) >= 11 is 12.2. The normalized spacial score (nSPS) is 20.1. The van der Waals surface area contributed by atoms with Gasteiger partial charge < -0.3 is 5.32 Å². The molecule has 1 aromatic carbocycles. The molecule has 0 spiro atoms. The summed E-state index contributed by atoms with van der Waals surface area (Å²) in [7, 11) is 0. The number of hydrogen-bond acceptors (Lipinski definition) is 4. The van der Waals surface area contributed by atoms with Crippen molar-refractivity contribution in [2.45, 2.75) is 18.7 Å². The van der Waals surface area contributed by atoms with E-state index in [1.165, 1.54) is 11.8 Å². The number of carbonyl (C=O) groups excluding carboxylic acids is 1. The molecule has 1 atom stereocenters. The van der Waals surface area contributed by atoms with E-state index in [1.807, 2.05) is 31.2 Å². The fourth-order valence-corrected chi connectivity index (χ4v) is 2.95. The van der Waals surface area contributed by atoms with Crippen LogP contribution in [-0.2, 0) is 11.3 Å². The van der Waals surface area contributed by atoms with E-state index in [1.54, 1.807) is 0 Å². The first kappa shape index (κ1) is 13.5. The standard InChI is InChI=1S/C12H11ClN2OS2/c1-7(10-11(16)15-12(17)18-10)14-6-8-3-2-4-9(13)5-8/h2-5,10H,6H2,1H3,(H,15,16,17). The van der Waals surface area contributed by atoms with Crippen LogP contribution in [0.1, 0.15) is 12.5 Å². The number of hydrogen-bond donors (Lipinski definition) is 1. The summed E-state index contributed by atoms with van der Waals surface area (Å²) in [6.07, 6.45) is 0. The molecule has 0 radical (unpaired) electrons. The summed E-state index contributed by atoms with van der Waals surface area (Å²) < 4.78 is 0.516. The highest BCUT2D eigenvalue weighted by atomic mass is 35.5. The molecule has 1 aliphatic rings. The number of aliphatic imine (C=N–C) groups is 1. The molecule has 0 aliphatic carbocycles. The highest BCUT2D eigenvalue weighted by molar-refractivity contribution is 8.24. The van der Waals surface area contributed by atoms with E-state index in [0.717, 1.165) is 11.3 Å². The Balaban J connectivity index is 2.05. The first-order valence-electron chi connectivity index (χ1n) is 5.33. The topological polar surface area (TPSA) is 41.5 Å². The molecule has 3 nitrogen and oxygen atoms in total. The van der Waals surface area contributed by atoms with Crippen molar-refractivity contribution in [3.05, 3.63) is 34.9 Å². The Kier molecular flexibility index (Phi) is 4.37. The number of rotatable bonds is 3. The molecule has 0 aromatic heterocycles. The second-order valence-corrected chi connectivity index (χ2v) is 6.08. The lowest BCUT2D eigenvalue weighted by atomic mass is 10.2. The predicted octanol–water partition coefficient (Wildman–Crippen LogP) is 2.82. The number of nitrogens with zero attached hydrogens (tertiary/aromatic N) is 1. The zero-order valence-corrected chi connectivity index (χ0v) is 12.0. The molecule has 1 heterocycles. The van der Waals surface area contributed by atoms with Gasteiger partial charge in [0, 0.05) is 10.7 Å². The Morgan fingerprint density at radius 3 is 3.00 bits per heavy atom. The van der Waals surface area contributed by atoms with Crippen LogP contribution in [0.15, 0.2) is 29.3 Å². The van der Waals surface area contributed by atoms with Gasteiger partial charge in [-0.2, -0.15) is 0 Å². The molecule has 0 bridgehead atoms. The van der Waals surface area contributed by atoms with Crippen LogP contribution in [0.2, 0.25) is 5.02 Å². The first-order valence-corrected chi connectivity index (χ1v) is 7.00. The van der Waals surface area contributed by atoms with Gasteiger partial charge in [-0.15, -0.1) is 0 Å². The fourth-order valence-electron chi connectivity index (χ4n) is 1.57. The van der Waals surface area contributed by atoms with Gasteiger partial charge >= 0.3 is 0 Å². The molecule has 18 heavy (non-hydrogen) atoms. The minimum Gasteiger partial charge on any atom is -0.310 e. The minimum atomic E-state index is -0.295. The van der Waals surface area contributed by atoms with Crippen molar-refractivity contribution in [1.29, 1.82) is 0 Å². The van der Waals surface area contributed by atoms with Gasteiger partial charge in [0.2, 0.25) is 5.91 Å². The van der Waals surface area contributed by atoms with Crippen LogP contribution in [0.4, 0.5) is 0 Å². The lowest BCUT2D eigenvalue weighted by Crippen LogP contribution is -2.28. The van der Waals surface area contributed by atoms with Crippen molar-refractivity contribution < 1.29 is 4.79 Å². The predicted molar refractivity (Wildman–Crippen MR) is 80.4 cm³/mol. The number of halogens is 1. The smallest absolute Gasteiger partial charge is 0.244 e. The Labute approximate surface area is 120 Å². The van der Waals surface area contributed by atoms with Crippen molar-refractivity contribution in [2.75, 3.05) is 0 Å². The second kappa shape index (κ2) is 5.82. The molecule has 1 amide bonds. The van der Waals surface area contributed by atoms with E-state index < -0.39 is 0 Å². The molecule has 1 saturated heterocycles. The molecule has 1 fully saturated rings. The van der Waals surface area contributed by atoms with Gasteiger partial charge in [-0.05, 0) is 24.6 Å². The Morgan fingerprint density at radius 2 is 2.39 bits per heavy atom. The summed E-state index contributed by atoms with van der Waals surface area (Å²) in [4.78, 5) is 16.0. The van der Waals surface area contributed by atoms with Crippen molar-refractivity contribution in [1.82, 2.24) is 5.32 Å². The number of thioether (sulfide) groups is 1. The van der Waals surface area contributed by atoms with Crippen LogP contribution < -0.4 is 5.32 Å². The molecule has 1 aliphatic heterocycles. The monoisotopic (exact) mass is 298 g/mol. The maximum atomic E-state index is 11.6. The summed E-state index contributed by atoms with van der Waals surface area (Å²) in [6.45, 7) is 2.36. The molecule has 6 heteroatoms. The van der Waals surface area contributed by atoms with Crippen LogP contribution in [0, 0.1) is 0 Å². The van der Waals surface area contributed by atoms with Crippen molar-refractivity contribution in [2.24, 2.45) is 4.99 Å². The maximum absolute atomic E-state index is 11.6. The summed E-state index contributed by atoms with van der Waals surface area (Å²) in [6, 6.07) is 7.52. The van der Waals surface area contributed by atoms with Crippen molar-refractivity contribution in [3.8, 4) is 0 Å². The summed E-state index contributed by atoms with van der Waals surface area (Å²) in [5.74, 6) is -0.0858. The third kappa shape index (κ3) is 3.31. The van der Waals surface area contributed by atoms with Gasteiger partial charge in [-0.3, -0.25) is 9.79 Å². The average molecular weight is 299 g/mol. The van der Waals surface area contributed by atoms with Gasteiger partial charge in [0.25, 0.3) is 0 Å². The van der Waals surface area contributed by atoms with Crippen molar-refractivity contribution >= 4 is 51.5 Å². The van der Waals surface area contributed by atoms with Crippen LogP contribution in [0.5, 0.6) is 0 Å². The van der Waals surface area contributed by atoms with Crippen LogP contribution in [0.3, 0.4) is 0 Å². The molecule has 1 unspecified atom stereocenters. The van der Waals surface area contributed by atoms with Crippen LogP contribution in [-0.4, -0.2) is 21.2 Å². The van der Waals surface area contributed by atoms with E-state index in [0.29, 0.717) is 15.9 Å². The third-order valence-corrected chi connectivity index (χ3v) is 4.20. The van der Waals surface area contributed by atoms with Gasteiger partial charge in [0.1, 0.15) is 9.57 Å². The highest BCUT2D eigenvalue weighted by Gasteiger charge is 2.31. The van der Waals surface area contributed by atoms with Gasteiger partial charge in [0.05, 0.1) is 6.54 Å². The van der Waals surface area contributed by atoms with E-state index >= 15 is 0 Å². The molecule has 1 N–H and O–H groups in total. The molecule has 1 aromatic rings. The molecular weight excluding hydrogens is 288 g/mol. The first-order chi connectivity index (χ1) is 8.56. The zero-order chi connectivity index (χ0) is 13.1. The van der Waals surface area contributed by atoms with E-state index in [2.05, 4.69) is 10.3 Å². The Morgan fingerprint density at radius 1 is 1.61 bits per heavy atom. The number of thiocarbonyl (C=S) groups is 1. The highest BCUT2D eigenvalue weighted by Crippen LogP contribution is 2.21. The molecule has 94 valence electrons. The molecular formula is C12H11ClN2OS2. The quantitative estimate of drug-likeness (QED) is 0.689. The van der Waals surface area contributed by atoms with E-state index in [9.17, 15) is 4.79 Å². The summed E-state index contributed by atoms with van der Waals surface area (Å²) in [5.41, 5.74) is 1.80. The maximum Gasteiger partial charge on any atom is 0.244 e. The van der Waals surface area contributed by atoms with Gasteiger partial charge in [0.15, 0.2) is 0 Å². The zero-order valence-electron chi connectivity index (χ0n) is 9.64. The lowest BCUT2D eigenvalue weighted by Gasteiger charge is -2.05. The largest absolute Gasteiger partial charge is 0.310 e. The Hall–Kier alpha value is -0.910. The molecule has 0 saturated carbocycles. The van der Waals surface area contributed by atoms with Gasteiger partial charge in [-0.25, -0.2) is 0 Å². The second-order valence-electron chi connectivity index (χ2n) is 3.86. The van der Waals surface area contributed by atoms with E-state index in [4.69, 9.17) is 23.8 Å². The van der Waals surface area contributed by atoms with Crippen molar-refractivity contribution in [3.63, 3.8) is 0 Å². The van der Waals surface area contributed by atoms with Gasteiger partial charge in [-0.1, -0.05) is 47.7 Å². The number of carbonyl (C=O) groups is 1. The lowest BCUT2D eigenvalue weighted by molar-refractivity contribution is -0.117. The van der Waals surface area contributed by atoms with E-state index in [-0.39, 0.29) is 11.2 Å². The third-order valence-electron chi connectivity index (χ3n) is 2.47. The minimum absolute atomic E-state index is 0.0858. The number of nitrogens with one attached hydrogen (secondary N) is 1. The van der Waals surface area contributed by atoms with Crippen LogP contribution in [0.25, 0.3) is 0 Å². The SMILES string of the molecule is CC(=NCc1cccc(Cl)c1)C1SC(=S)NC1=O. The van der Waals surface area contributed by atoms with Crippen LogP contribution >= 0.6 is 35.6 Å². The average Bonchev–Trinajstić information content (AvgIpc) is 2.66.